The summed E-state index contributed by atoms with van der Waals surface area (Å²) in [6, 6.07) is 0. The quantitative estimate of drug-likeness (QED) is 0.708. The van der Waals surface area contributed by atoms with Crippen molar-refractivity contribution < 1.29 is 8.83 Å². The lowest BCUT2D eigenvalue weighted by molar-refractivity contribution is 0.480. The van der Waals surface area contributed by atoms with Gasteiger partial charge in [0.2, 0.25) is 0 Å². The first kappa shape index (κ1) is 8.04. The molecule has 0 radical (unpaired) electrons. The average Bonchev–Trinajstić information content (AvgIpc) is 2.75. The molecule has 0 aliphatic carbocycles. The van der Waals surface area contributed by atoms with E-state index in [9.17, 15) is 0 Å². The van der Waals surface area contributed by atoms with Gasteiger partial charge in [0, 0.05) is 5.92 Å². The molecule has 0 amide bonds. The number of oxazole rings is 2. The molecule has 0 saturated heterocycles. The summed E-state index contributed by atoms with van der Waals surface area (Å²) >= 11 is 0. The van der Waals surface area contributed by atoms with Crippen molar-refractivity contribution in [3.63, 3.8) is 0 Å². The summed E-state index contributed by atoms with van der Waals surface area (Å²) in [5, 5.41) is 0. The Kier molecular flexibility index (Phi) is 1.88. The molecule has 0 N–H and O–H groups in total. The third-order valence-electron chi connectivity index (χ3n) is 1.70. The summed E-state index contributed by atoms with van der Waals surface area (Å²) < 4.78 is 10.3. The molecule has 2 aromatic heterocycles. The minimum Gasteiger partial charge on any atom is -0.451 e. The molecular weight excluding hydrogens is 168 g/mol. The molecule has 0 aromatic carbocycles. The Morgan fingerprint density at radius 2 is 2.15 bits per heavy atom. The van der Waals surface area contributed by atoms with Crippen molar-refractivity contribution in [1.29, 1.82) is 0 Å². The highest BCUT2D eigenvalue weighted by Gasteiger charge is 2.10. The van der Waals surface area contributed by atoms with E-state index in [2.05, 4.69) is 9.97 Å². The summed E-state index contributed by atoms with van der Waals surface area (Å²) in [4.78, 5) is 8.08. The van der Waals surface area contributed by atoms with E-state index in [0.717, 1.165) is 5.89 Å². The molecule has 0 aliphatic heterocycles. The second-order valence-corrected chi connectivity index (χ2v) is 3.09. The second kappa shape index (κ2) is 3.05. The van der Waals surface area contributed by atoms with Crippen LogP contribution in [0, 0.1) is 0 Å². The number of rotatable bonds is 2. The number of hydrogen-bond acceptors (Lipinski definition) is 4. The zero-order chi connectivity index (χ0) is 9.26. The minimum atomic E-state index is 0.292. The van der Waals surface area contributed by atoms with E-state index in [0.29, 0.717) is 17.4 Å². The third kappa shape index (κ3) is 1.47. The summed E-state index contributed by atoms with van der Waals surface area (Å²) in [5.74, 6) is 1.66. The predicted octanol–water partition coefficient (Wildman–Crippen LogP) is 2.45. The molecule has 2 aromatic rings. The van der Waals surface area contributed by atoms with Gasteiger partial charge in [0.25, 0.3) is 0 Å². The van der Waals surface area contributed by atoms with Crippen molar-refractivity contribution in [2.24, 2.45) is 0 Å². The topological polar surface area (TPSA) is 52.1 Å². The average molecular weight is 178 g/mol. The van der Waals surface area contributed by atoms with E-state index in [1.165, 1.54) is 12.7 Å². The van der Waals surface area contributed by atoms with Crippen LogP contribution in [0.4, 0.5) is 0 Å². The van der Waals surface area contributed by atoms with E-state index in [-0.39, 0.29) is 0 Å². The fourth-order valence-corrected chi connectivity index (χ4v) is 1.01. The van der Waals surface area contributed by atoms with E-state index >= 15 is 0 Å². The van der Waals surface area contributed by atoms with Crippen LogP contribution in [0.15, 0.2) is 27.7 Å². The number of aromatic nitrogens is 2. The van der Waals surface area contributed by atoms with E-state index < -0.39 is 0 Å². The monoisotopic (exact) mass is 178 g/mol. The van der Waals surface area contributed by atoms with Gasteiger partial charge in [-0.15, -0.1) is 0 Å². The van der Waals surface area contributed by atoms with Gasteiger partial charge in [0.1, 0.15) is 12.0 Å². The van der Waals surface area contributed by atoms with E-state index in [4.69, 9.17) is 8.83 Å². The molecule has 2 heterocycles. The fourth-order valence-electron chi connectivity index (χ4n) is 1.01. The lowest BCUT2D eigenvalue weighted by Gasteiger charge is -1.94. The van der Waals surface area contributed by atoms with Crippen LogP contribution < -0.4 is 0 Å². The molecule has 13 heavy (non-hydrogen) atoms. The van der Waals surface area contributed by atoms with Gasteiger partial charge in [-0.25, -0.2) is 9.97 Å². The van der Waals surface area contributed by atoms with Crippen molar-refractivity contribution in [3.8, 4) is 11.5 Å². The van der Waals surface area contributed by atoms with Crippen LogP contribution in [0.5, 0.6) is 0 Å². The molecule has 2 rings (SSSR count). The summed E-state index contributed by atoms with van der Waals surface area (Å²) in [6.45, 7) is 4.05. The Morgan fingerprint density at radius 3 is 2.69 bits per heavy atom. The first-order valence-electron chi connectivity index (χ1n) is 4.11. The van der Waals surface area contributed by atoms with Crippen molar-refractivity contribution in [3.05, 3.63) is 24.7 Å². The van der Waals surface area contributed by atoms with E-state index in [1.807, 2.05) is 13.8 Å². The molecule has 0 spiro atoms. The molecule has 0 saturated carbocycles. The second-order valence-electron chi connectivity index (χ2n) is 3.09. The van der Waals surface area contributed by atoms with Crippen LogP contribution in [-0.2, 0) is 0 Å². The Morgan fingerprint density at radius 1 is 1.31 bits per heavy atom. The summed E-state index contributed by atoms with van der Waals surface area (Å²) in [6.07, 6.45) is 4.56. The number of hydrogen-bond donors (Lipinski definition) is 0. The van der Waals surface area contributed by atoms with Gasteiger partial charge >= 0.3 is 0 Å². The van der Waals surface area contributed by atoms with Crippen LogP contribution in [0.3, 0.4) is 0 Å². The van der Waals surface area contributed by atoms with Gasteiger partial charge in [0.05, 0.1) is 6.20 Å². The van der Waals surface area contributed by atoms with Crippen molar-refractivity contribution >= 4 is 0 Å². The van der Waals surface area contributed by atoms with Gasteiger partial charge in [-0.05, 0) is 0 Å². The van der Waals surface area contributed by atoms with Crippen LogP contribution in [0.1, 0.15) is 25.7 Å². The SMILES string of the molecule is CC(C)c1ncc(-c2cocn2)o1. The fraction of sp³-hybridized carbons (Fsp3) is 0.333. The molecule has 0 unspecified atom stereocenters. The normalized spacial score (nSPS) is 11.0. The highest BCUT2D eigenvalue weighted by atomic mass is 16.4. The zero-order valence-corrected chi connectivity index (χ0v) is 7.52. The molecule has 0 aliphatic rings. The maximum Gasteiger partial charge on any atom is 0.197 e. The first-order valence-corrected chi connectivity index (χ1v) is 4.11. The Labute approximate surface area is 75.6 Å². The minimum absolute atomic E-state index is 0.292. The largest absolute Gasteiger partial charge is 0.451 e. The van der Waals surface area contributed by atoms with Gasteiger partial charge in [-0.3, -0.25) is 0 Å². The molecule has 0 fully saturated rings. The maximum absolute atomic E-state index is 5.46. The van der Waals surface area contributed by atoms with Crippen LogP contribution >= 0.6 is 0 Å². The van der Waals surface area contributed by atoms with Gasteiger partial charge in [0.15, 0.2) is 18.0 Å². The van der Waals surface area contributed by atoms with Crippen LogP contribution in [0.25, 0.3) is 11.5 Å². The van der Waals surface area contributed by atoms with Gasteiger partial charge in [-0.2, -0.15) is 0 Å². The molecule has 0 bridgehead atoms. The standard InChI is InChI=1S/C9H10N2O2/c1-6(2)9-10-3-8(13-9)7-4-12-5-11-7/h3-6H,1-2H3. The summed E-state index contributed by atoms with van der Waals surface area (Å²) in [5.41, 5.74) is 0.680. The molecule has 4 nitrogen and oxygen atoms in total. The van der Waals surface area contributed by atoms with Crippen molar-refractivity contribution in [2.75, 3.05) is 0 Å². The summed E-state index contributed by atoms with van der Waals surface area (Å²) in [7, 11) is 0. The maximum atomic E-state index is 5.46. The molecule has 68 valence electrons. The lowest BCUT2D eigenvalue weighted by Crippen LogP contribution is -1.84. The number of nitrogens with zero attached hydrogens (tertiary/aromatic N) is 2. The molecule has 4 heteroatoms. The first-order chi connectivity index (χ1) is 6.27. The van der Waals surface area contributed by atoms with Crippen molar-refractivity contribution in [2.45, 2.75) is 19.8 Å². The smallest absolute Gasteiger partial charge is 0.197 e. The molecule has 0 atom stereocenters. The van der Waals surface area contributed by atoms with Gasteiger partial charge < -0.3 is 8.83 Å². The predicted molar refractivity (Wildman–Crippen MR) is 46.1 cm³/mol. The van der Waals surface area contributed by atoms with Crippen LogP contribution in [-0.4, -0.2) is 9.97 Å². The zero-order valence-electron chi connectivity index (χ0n) is 7.52. The van der Waals surface area contributed by atoms with Gasteiger partial charge in [-0.1, -0.05) is 13.8 Å². The molecular formula is C9H10N2O2. The Hall–Kier alpha value is -1.58. The Bertz CT molecular complexity index is 376. The highest BCUT2D eigenvalue weighted by Crippen LogP contribution is 2.21. The van der Waals surface area contributed by atoms with Crippen molar-refractivity contribution in [1.82, 2.24) is 9.97 Å². The van der Waals surface area contributed by atoms with E-state index in [1.54, 1.807) is 6.20 Å². The van der Waals surface area contributed by atoms with Crippen LogP contribution in [0.2, 0.25) is 0 Å². The lowest BCUT2D eigenvalue weighted by atomic mass is 10.2. The third-order valence-corrected chi connectivity index (χ3v) is 1.70. The Balaban J connectivity index is 2.33. The highest BCUT2D eigenvalue weighted by molar-refractivity contribution is 5.47.